The van der Waals surface area contributed by atoms with E-state index in [1.807, 2.05) is 13.8 Å². The molecule has 2 N–H and O–H groups in total. The van der Waals surface area contributed by atoms with E-state index in [4.69, 9.17) is 5.11 Å². The van der Waals surface area contributed by atoms with Crippen LogP contribution in [0.2, 0.25) is 0 Å². The Hall–Kier alpha value is -1.47. The van der Waals surface area contributed by atoms with Gasteiger partial charge in [-0.15, -0.1) is 0 Å². The Morgan fingerprint density at radius 1 is 1.33 bits per heavy atom. The lowest BCUT2D eigenvalue weighted by Gasteiger charge is -2.27. The molecule has 8 heteroatoms. The van der Waals surface area contributed by atoms with Crippen LogP contribution in [0.5, 0.6) is 0 Å². The van der Waals surface area contributed by atoms with Crippen molar-refractivity contribution in [2.24, 2.45) is 11.3 Å². The predicted molar refractivity (Wildman–Crippen MR) is 69.8 cm³/mol. The summed E-state index contributed by atoms with van der Waals surface area (Å²) in [5, 5.41) is 11.5. The minimum Gasteiger partial charge on any atom is -0.481 e. The van der Waals surface area contributed by atoms with Gasteiger partial charge in [0.2, 0.25) is 0 Å². The van der Waals surface area contributed by atoms with Gasteiger partial charge in [-0.2, -0.15) is 13.2 Å². The van der Waals surface area contributed by atoms with Gasteiger partial charge in [-0.3, -0.25) is 4.79 Å². The topological polar surface area (TPSA) is 69.6 Å². The molecule has 0 aromatic rings. The number of rotatable bonds is 4. The van der Waals surface area contributed by atoms with Crippen LogP contribution in [-0.2, 0) is 4.79 Å². The molecule has 0 bridgehead atoms. The molecular weight excluding hydrogens is 289 g/mol. The maximum atomic E-state index is 13.0. The maximum Gasteiger partial charge on any atom is 0.406 e. The van der Waals surface area contributed by atoms with E-state index in [0.29, 0.717) is 12.3 Å². The molecule has 1 fully saturated rings. The predicted octanol–water partition coefficient (Wildman–Crippen LogP) is 2.47. The number of amides is 2. The zero-order chi connectivity index (χ0) is 16.4. The Bertz CT molecular complexity index is 412. The number of hydrogen-bond donors (Lipinski definition) is 2. The SMILES string of the molecule is CC(C)CC(C)NC(=O)N1CCC(C(=O)O)(C(F)(F)F)C1. The van der Waals surface area contributed by atoms with Crippen molar-refractivity contribution in [3.05, 3.63) is 0 Å². The highest BCUT2D eigenvalue weighted by atomic mass is 19.4. The van der Waals surface area contributed by atoms with E-state index >= 15 is 0 Å². The monoisotopic (exact) mass is 310 g/mol. The summed E-state index contributed by atoms with van der Waals surface area (Å²) in [6.45, 7) is 4.65. The third kappa shape index (κ3) is 3.79. The van der Waals surface area contributed by atoms with Crippen LogP contribution in [0.4, 0.5) is 18.0 Å². The Balaban J connectivity index is 2.72. The van der Waals surface area contributed by atoms with Crippen LogP contribution < -0.4 is 5.32 Å². The molecule has 0 radical (unpaired) electrons. The number of urea groups is 1. The minimum atomic E-state index is -4.88. The normalized spacial score (nSPS) is 24.2. The van der Waals surface area contributed by atoms with Crippen molar-refractivity contribution in [3.63, 3.8) is 0 Å². The van der Waals surface area contributed by atoms with Gasteiger partial charge in [0.25, 0.3) is 0 Å². The van der Waals surface area contributed by atoms with Gasteiger partial charge >= 0.3 is 18.2 Å². The molecule has 0 aromatic heterocycles. The van der Waals surface area contributed by atoms with Gasteiger partial charge in [-0.05, 0) is 25.7 Å². The van der Waals surface area contributed by atoms with Crippen molar-refractivity contribution in [1.29, 1.82) is 0 Å². The zero-order valence-corrected chi connectivity index (χ0v) is 12.3. The number of likely N-dealkylation sites (tertiary alicyclic amines) is 1. The third-order valence-electron chi connectivity index (χ3n) is 3.70. The van der Waals surface area contributed by atoms with E-state index in [0.717, 1.165) is 4.90 Å². The molecule has 21 heavy (non-hydrogen) atoms. The molecule has 2 atom stereocenters. The highest BCUT2D eigenvalue weighted by Crippen LogP contribution is 2.45. The van der Waals surface area contributed by atoms with Crippen molar-refractivity contribution in [3.8, 4) is 0 Å². The second-order valence-corrected chi connectivity index (χ2v) is 6.04. The molecule has 122 valence electrons. The van der Waals surface area contributed by atoms with Crippen LogP contribution in [0.25, 0.3) is 0 Å². The lowest BCUT2D eigenvalue weighted by atomic mass is 9.86. The number of aliphatic carboxylic acids is 1. The molecular formula is C13H21F3N2O3. The van der Waals surface area contributed by atoms with Crippen molar-refractivity contribution in [2.45, 2.75) is 45.8 Å². The average Bonchev–Trinajstić information content (AvgIpc) is 2.72. The van der Waals surface area contributed by atoms with Crippen LogP contribution in [-0.4, -0.2) is 47.3 Å². The van der Waals surface area contributed by atoms with Crippen LogP contribution in [0.15, 0.2) is 0 Å². The van der Waals surface area contributed by atoms with E-state index in [1.165, 1.54) is 0 Å². The zero-order valence-electron chi connectivity index (χ0n) is 12.3. The number of halogens is 3. The molecule has 0 saturated carbocycles. The first kappa shape index (κ1) is 17.6. The molecule has 0 aliphatic carbocycles. The van der Waals surface area contributed by atoms with E-state index in [1.54, 1.807) is 6.92 Å². The number of alkyl halides is 3. The smallest absolute Gasteiger partial charge is 0.406 e. The fourth-order valence-electron chi connectivity index (χ4n) is 2.58. The first-order valence-electron chi connectivity index (χ1n) is 6.85. The highest BCUT2D eigenvalue weighted by molar-refractivity contribution is 5.80. The number of carbonyl (C=O) groups excluding carboxylic acids is 1. The number of carboxylic acids is 1. The number of carbonyl (C=O) groups is 2. The van der Waals surface area contributed by atoms with Crippen molar-refractivity contribution in [2.75, 3.05) is 13.1 Å². The molecule has 0 spiro atoms. The Kier molecular flexibility index (Phi) is 5.11. The fourth-order valence-corrected chi connectivity index (χ4v) is 2.58. The molecule has 2 amide bonds. The largest absolute Gasteiger partial charge is 0.481 e. The summed E-state index contributed by atoms with van der Waals surface area (Å²) in [5.41, 5.74) is -2.86. The molecule has 5 nitrogen and oxygen atoms in total. The molecule has 1 saturated heterocycles. The summed E-state index contributed by atoms with van der Waals surface area (Å²) in [7, 11) is 0. The summed E-state index contributed by atoms with van der Waals surface area (Å²) in [5.74, 6) is -1.59. The van der Waals surface area contributed by atoms with Gasteiger partial charge in [0, 0.05) is 19.1 Å². The van der Waals surface area contributed by atoms with Gasteiger partial charge in [0.15, 0.2) is 5.41 Å². The van der Waals surface area contributed by atoms with Gasteiger partial charge in [0.05, 0.1) is 0 Å². The third-order valence-corrected chi connectivity index (χ3v) is 3.70. The molecule has 1 aliphatic heterocycles. The van der Waals surface area contributed by atoms with Crippen molar-refractivity contribution in [1.82, 2.24) is 10.2 Å². The van der Waals surface area contributed by atoms with Crippen LogP contribution in [0.3, 0.4) is 0 Å². The van der Waals surface area contributed by atoms with Crippen molar-refractivity contribution >= 4 is 12.0 Å². The lowest BCUT2D eigenvalue weighted by Crippen LogP contribution is -2.49. The minimum absolute atomic E-state index is 0.178. The van der Waals surface area contributed by atoms with Gasteiger partial charge < -0.3 is 15.3 Å². The number of hydrogen-bond acceptors (Lipinski definition) is 2. The Morgan fingerprint density at radius 2 is 1.90 bits per heavy atom. The average molecular weight is 310 g/mol. The lowest BCUT2D eigenvalue weighted by molar-refractivity contribution is -0.226. The van der Waals surface area contributed by atoms with Crippen LogP contribution >= 0.6 is 0 Å². The van der Waals surface area contributed by atoms with E-state index in [-0.39, 0.29) is 12.6 Å². The van der Waals surface area contributed by atoms with E-state index in [9.17, 15) is 22.8 Å². The molecule has 1 aliphatic rings. The van der Waals surface area contributed by atoms with E-state index in [2.05, 4.69) is 5.32 Å². The summed E-state index contributed by atoms with van der Waals surface area (Å²) >= 11 is 0. The van der Waals surface area contributed by atoms with Gasteiger partial charge in [-0.25, -0.2) is 4.79 Å². The first-order valence-corrected chi connectivity index (χ1v) is 6.85. The number of nitrogens with zero attached hydrogens (tertiary/aromatic N) is 1. The molecule has 1 rings (SSSR count). The number of nitrogens with one attached hydrogen (secondary N) is 1. The Labute approximate surface area is 121 Å². The highest BCUT2D eigenvalue weighted by Gasteiger charge is 2.64. The molecule has 0 aromatic carbocycles. The fraction of sp³-hybridized carbons (Fsp3) is 0.846. The molecule has 1 heterocycles. The van der Waals surface area contributed by atoms with E-state index < -0.39 is 36.6 Å². The first-order chi connectivity index (χ1) is 9.49. The second-order valence-electron chi connectivity index (χ2n) is 6.04. The van der Waals surface area contributed by atoms with Crippen molar-refractivity contribution < 1.29 is 27.9 Å². The van der Waals surface area contributed by atoms with Crippen LogP contribution in [0.1, 0.15) is 33.6 Å². The summed E-state index contributed by atoms with van der Waals surface area (Å²) < 4.78 is 39.0. The van der Waals surface area contributed by atoms with Gasteiger partial charge in [-0.1, -0.05) is 13.8 Å². The standard InChI is InChI=1S/C13H21F3N2O3/c1-8(2)6-9(3)17-11(21)18-5-4-12(7-18,10(19)20)13(14,15)16/h8-9H,4-7H2,1-3H3,(H,17,21)(H,19,20). The maximum absolute atomic E-state index is 13.0. The Morgan fingerprint density at radius 3 is 2.29 bits per heavy atom. The summed E-state index contributed by atoms with van der Waals surface area (Å²) in [6, 6.07) is -0.821. The number of carboxylic acid groups (broad SMARTS) is 1. The molecule has 2 unspecified atom stereocenters. The quantitative estimate of drug-likeness (QED) is 0.838. The second kappa shape index (κ2) is 6.11. The van der Waals surface area contributed by atoms with Crippen LogP contribution in [0, 0.1) is 11.3 Å². The summed E-state index contributed by atoms with van der Waals surface area (Å²) in [6.07, 6.45) is -4.79. The van der Waals surface area contributed by atoms with Gasteiger partial charge in [0.1, 0.15) is 0 Å². The summed E-state index contributed by atoms with van der Waals surface area (Å²) in [4.78, 5) is 23.9.